The molecule has 0 radical (unpaired) electrons. The molecule has 2 heterocycles. The minimum atomic E-state index is -4.55. The highest BCUT2D eigenvalue weighted by molar-refractivity contribution is 6.04. The maximum Gasteiger partial charge on any atom is 0.416 e. The first-order chi connectivity index (χ1) is 18.1. The Labute approximate surface area is 216 Å². The third kappa shape index (κ3) is 5.81. The van der Waals surface area contributed by atoms with Crippen molar-refractivity contribution in [3.63, 3.8) is 0 Å². The maximum absolute atomic E-state index is 13.1. The molecule has 0 aliphatic carbocycles. The SMILES string of the molecule is CCN(CC)CCNCCNC(=O)c1ccc2[nH]c(-c3nc4cc(C(F)(F)F)ccc4[nH]c3=O)c(N)c2c1. The molecular formula is C26H30F3N7O2. The summed E-state index contributed by atoms with van der Waals surface area (Å²) in [4.78, 5) is 37.4. The number of rotatable bonds is 10. The number of nitrogens with two attached hydrogens (primary N) is 1. The Kier molecular flexibility index (Phi) is 8.02. The number of halogens is 3. The topological polar surface area (TPSA) is 132 Å². The number of fused-ring (bicyclic) bond motifs is 2. The van der Waals surface area contributed by atoms with E-state index in [4.69, 9.17) is 5.73 Å². The predicted octanol–water partition coefficient (Wildman–Crippen LogP) is 3.33. The fourth-order valence-corrected chi connectivity index (χ4v) is 4.24. The number of alkyl halides is 3. The number of nitrogen functional groups attached to an aromatic ring is 1. The Hall–Kier alpha value is -3.90. The number of benzene rings is 2. The second-order valence-corrected chi connectivity index (χ2v) is 8.85. The van der Waals surface area contributed by atoms with Gasteiger partial charge in [-0.05, 0) is 49.5 Å². The lowest BCUT2D eigenvalue weighted by molar-refractivity contribution is -0.137. The Morgan fingerprint density at radius 3 is 2.47 bits per heavy atom. The van der Waals surface area contributed by atoms with E-state index < -0.39 is 17.3 Å². The average molecular weight is 530 g/mol. The van der Waals surface area contributed by atoms with E-state index in [1.807, 2.05) is 0 Å². The molecule has 202 valence electrons. The molecule has 4 aromatic rings. The summed E-state index contributed by atoms with van der Waals surface area (Å²) in [7, 11) is 0. The molecule has 0 fully saturated rings. The van der Waals surface area contributed by atoms with Crippen molar-refractivity contribution < 1.29 is 18.0 Å². The van der Waals surface area contributed by atoms with Crippen molar-refractivity contribution in [2.24, 2.45) is 0 Å². The van der Waals surface area contributed by atoms with E-state index in [-0.39, 0.29) is 34.0 Å². The molecule has 0 bridgehead atoms. The number of anilines is 1. The van der Waals surface area contributed by atoms with Crippen LogP contribution in [0.5, 0.6) is 0 Å². The van der Waals surface area contributed by atoms with E-state index in [1.165, 1.54) is 0 Å². The molecule has 2 aromatic heterocycles. The van der Waals surface area contributed by atoms with Gasteiger partial charge in [0.2, 0.25) is 0 Å². The molecule has 12 heteroatoms. The van der Waals surface area contributed by atoms with E-state index >= 15 is 0 Å². The number of aromatic nitrogens is 3. The van der Waals surface area contributed by atoms with Crippen LogP contribution in [0.1, 0.15) is 29.8 Å². The minimum Gasteiger partial charge on any atom is -0.396 e. The van der Waals surface area contributed by atoms with E-state index in [9.17, 15) is 22.8 Å². The van der Waals surface area contributed by atoms with Gasteiger partial charge in [0, 0.05) is 42.6 Å². The van der Waals surface area contributed by atoms with Crippen LogP contribution in [0.2, 0.25) is 0 Å². The van der Waals surface area contributed by atoms with Gasteiger partial charge >= 0.3 is 6.18 Å². The van der Waals surface area contributed by atoms with Gasteiger partial charge in [-0.15, -0.1) is 0 Å². The number of nitrogens with one attached hydrogen (secondary N) is 4. The second-order valence-electron chi connectivity index (χ2n) is 8.85. The second kappa shape index (κ2) is 11.2. The molecule has 0 aliphatic rings. The largest absolute Gasteiger partial charge is 0.416 e. The van der Waals surface area contributed by atoms with Crippen LogP contribution in [0.25, 0.3) is 33.3 Å². The quantitative estimate of drug-likeness (QED) is 0.200. The first-order valence-corrected chi connectivity index (χ1v) is 12.4. The Morgan fingerprint density at radius 1 is 1.03 bits per heavy atom. The number of H-pyrrole nitrogens is 2. The third-order valence-electron chi connectivity index (χ3n) is 6.44. The van der Waals surface area contributed by atoms with Crippen LogP contribution in [0, 0.1) is 0 Å². The number of nitrogens with zero attached hydrogens (tertiary/aromatic N) is 2. The number of hydrogen-bond donors (Lipinski definition) is 5. The van der Waals surface area contributed by atoms with Crippen LogP contribution in [0.15, 0.2) is 41.2 Å². The first kappa shape index (κ1) is 27.1. The van der Waals surface area contributed by atoms with Gasteiger partial charge in [0.15, 0.2) is 5.69 Å². The molecule has 0 aliphatic heterocycles. The number of carbonyl (C=O) groups excluding carboxylic acids is 1. The van der Waals surface area contributed by atoms with Crippen molar-refractivity contribution in [2.75, 3.05) is 45.0 Å². The van der Waals surface area contributed by atoms with Crippen molar-refractivity contribution in [3.8, 4) is 11.4 Å². The smallest absolute Gasteiger partial charge is 0.396 e. The zero-order valence-corrected chi connectivity index (χ0v) is 21.1. The molecule has 0 unspecified atom stereocenters. The molecule has 0 atom stereocenters. The van der Waals surface area contributed by atoms with E-state index in [1.54, 1.807) is 18.2 Å². The summed E-state index contributed by atoms with van der Waals surface area (Å²) in [6.45, 7) is 9.04. The molecule has 9 nitrogen and oxygen atoms in total. The summed E-state index contributed by atoms with van der Waals surface area (Å²) in [5, 5.41) is 6.65. The van der Waals surface area contributed by atoms with Crippen LogP contribution in [-0.2, 0) is 6.18 Å². The molecule has 6 N–H and O–H groups in total. The monoisotopic (exact) mass is 529 g/mol. The zero-order valence-electron chi connectivity index (χ0n) is 21.1. The Bertz CT molecular complexity index is 1510. The summed E-state index contributed by atoms with van der Waals surface area (Å²) >= 11 is 0. The fraction of sp³-hybridized carbons (Fsp3) is 0.346. The van der Waals surface area contributed by atoms with Crippen molar-refractivity contribution in [2.45, 2.75) is 20.0 Å². The first-order valence-electron chi connectivity index (χ1n) is 12.4. The van der Waals surface area contributed by atoms with Crippen LogP contribution >= 0.6 is 0 Å². The summed E-state index contributed by atoms with van der Waals surface area (Å²) in [6, 6.07) is 7.80. The Balaban J connectivity index is 1.51. The molecule has 0 saturated carbocycles. The summed E-state index contributed by atoms with van der Waals surface area (Å²) < 4.78 is 39.4. The van der Waals surface area contributed by atoms with Crippen molar-refractivity contribution in [3.05, 3.63) is 57.9 Å². The predicted molar refractivity (Wildman–Crippen MR) is 142 cm³/mol. The van der Waals surface area contributed by atoms with Gasteiger partial charge in [-0.1, -0.05) is 13.8 Å². The van der Waals surface area contributed by atoms with E-state index in [2.05, 4.69) is 44.3 Å². The zero-order chi connectivity index (χ0) is 27.4. The molecular weight excluding hydrogens is 499 g/mol. The lowest BCUT2D eigenvalue weighted by Crippen LogP contribution is -2.36. The van der Waals surface area contributed by atoms with Gasteiger partial charge in [-0.2, -0.15) is 13.2 Å². The van der Waals surface area contributed by atoms with Crippen molar-refractivity contribution >= 4 is 33.5 Å². The molecule has 4 rings (SSSR count). The highest BCUT2D eigenvalue weighted by atomic mass is 19.4. The summed E-state index contributed by atoms with van der Waals surface area (Å²) in [6.07, 6.45) is -4.55. The summed E-state index contributed by atoms with van der Waals surface area (Å²) in [5.41, 5.74) is 6.07. The van der Waals surface area contributed by atoms with Gasteiger partial charge in [-0.3, -0.25) is 9.59 Å². The fourth-order valence-electron chi connectivity index (χ4n) is 4.24. The van der Waals surface area contributed by atoms with Crippen LogP contribution in [0.3, 0.4) is 0 Å². The lowest BCUT2D eigenvalue weighted by Gasteiger charge is -2.18. The average Bonchev–Trinajstić information content (AvgIpc) is 3.22. The maximum atomic E-state index is 13.1. The number of amides is 1. The summed E-state index contributed by atoms with van der Waals surface area (Å²) in [5.74, 6) is -0.277. The van der Waals surface area contributed by atoms with E-state index in [0.29, 0.717) is 29.6 Å². The number of aromatic amines is 2. The molecule has 0 spiro atoms. The number of hydrogen-bond acceptors (Lipinski definition) is 6. The standard InChI is InChI=1S/C26H30F3N7O2/c1-3-36(4-2)12-11-31-9-10-32-24(37)15-5-7-18-17(13-15)21(30)22(33-18)23-25(38)35-19-8-6-16(26(27,28)29)14-20(19)34-23/h5-8,13-14,31,33H,3-4,9-12,30H2,1-2H3,(H,32,37)(H,35,38). The van der Waals surface area contributed by atoms with Crippen molar-refractivity contribution in [1.82, 2.24) is 30.5 Å². The van der Waals surface area contributed by atoms with Gasteiger partial charge in [0.05, 0.1) is 28.0 Å². The van der Waals surface area contributed by atoms with Crippen LogP contribution in [0.4, 0.5) is 18.9 Å². The minimum absolute atomic E-state index is 0.0294. The van der Waals surface area contributed by atoms with Crippen LogP contribution < -0.4 is 21.9 Å². The van der Waals surface area contributed by atoms with E-state index in [0.717, 1.165) is 44.4 Å². The van der Waals surface area contributed by atoms with Crippen LogP contribution in [-0.4, -0.2) is 65.0 Å². The highest BCUT2D eigenvalue weighted by Crippen LogP contribution is 2.33. The highest BCUT2D eigenvalue weighted by Gasteiger charge is 2.31. The van der Waals surface area contributed by atoms with Gasteiger partial charge in [0.1, 0.15) is 0 Å². The van der Waals surface area contributed by atoms with Gasteiger partial charge < -0.3 is 31.2 Å². The van der Waals surface area contributed by atoms with Gasteiger partial charge in [0.25, 0.3) is 11.5 Å². The van der Waals surface area contributed by atoms with Crippen molar-refractivity contribution in [1.29, 1.82) is 0 Å². The number of likely N-dealkylation sites (N-methyl/N-ethyl adjacent to an activating group) is 1. The third-order valence-corrected chi connectivity index (χ3v) is 6.44. The molecule has 1 amide bonds. The van der Waals surface area contributed by atoms with Gasteiger partial charge in [-0.25, -0.2) is 4.98 Å². The molecule has 38 heavy (non-hydrogen) atoms. The number of carbonyl (C=O) groups is 1. The Morgan fingerprint density at radius 2 is 1.76 bits per heavy atom. The lowest BCUT2D eigenvalue weighted by atomic mass is 10.1. The normalized spacial score (nSPS) is 12.1. The molecule has 0 saturated heterocycles. The molecule has 2 aromatic carbocycles.